The molecule has 0 N–H and O–H groups in total. The number of carbonyl (C=O) groups is 2. The SMILES string of the molecule is Cn1cc(C[C@@H]2CCN(C(=O)[C@@H]3CCCN(C(=O)C4CC4)C3)C2)cn1. The Bertz CT molecular complexity index is 652. The van der Waals surface area contributed by atoms with Crippen LogP contribution in [-0.2, 0) is 23.1 Å². The van der Waals surface area contributed by atoms with Gasteiger partial charge in [-0.25, -0.2) is 0 Å². The molecule has 0 radical (unpaired) electrons. The van der Waals surface area contributed by atoms with Crippen LogP contribution in [0, 0.1) is 17.8 Å². The summed E-state index contributed by atoms with van der Waals surface area (Å²) in [7, 11) is 1.94. The fraction of sp³-hybridized carbons (Fsp3) is 0.737. The van der Waals surface area contributed by atoms with Crippen LogP contribution in [0.5, 0.6) is 0 Å². The molecule has 2 saturated heterocycles. The van der Waals surface area contributed by atoms with Gasteiger partial charge in [0.1, 0.15) is 0 Å². The molecule has 25 heavy (non-hydrogen) atoms. The quantitative estimate of drug-likeness (QED) is 0.831. The van der Waals surface area contributed by atoms with Gasteiger partial charge in [0.05, 0.1) is 12.1 Å². The Kier molecular flexibility index (Phi) is 4.52. The molecule has 0 aromatic carbocycles. The Morgan fingerprint density at radius 3 is 2.52 bits per heavy atom. The van der Waals surface area contributed by atoms with E-state index >= 15 is 0 Å². The van der Waals surface area contributed by atoms with Crippen molar-refractivity contribution in [2.45, 2.75) is 38.5 Å². The van der Waals surface area contributed by atoms with Crippen LogP contribution in [0.25, 0.3) is 0 Å². The van der Waals surface area contributed by atoms with Gasteiger partial charge in [0.15, 0.2) is 0 Å². The Morgan fingerprint density at radius 2 is 1.80 bits per heavy atom. The van der Waals surface area contributed by atoms with Gasteiger partial charge in [-0.05, 0) is 50.0 Å². The molecule has 2 amide bonds. The van der Waals surface area contributed by atoms with Gasteiger partial charge in [0, 0.05) is 45.3 Å². The number of aryl methyl sites for hydroxylation is 1. The lowest BCUT2D eigenvalue weighted by Crippen LogP contribution is -2.46. The van der Waals surface area contributed by atoms with Crippen molar-refractivity contribution in [2.75, 3.05) is 26.2 Å². The monoisotopic (exact) mass is 344 g/mol. The summed E-state index contributed by atoms with van der Waals surface area (Å²) in [5, 5.41) is 4.23. The first-order valence-electron chi connectivity index (χ1n) is 9.65. The highest BCUT2D eigenvalue weighted by Crippen LogP contribution is 2.33. The fourth-order valence-electron chi connectivity index (χ4n) is 4.34. The maximum Gasteiger partial charge on any atom is 0.227 e. The third-order valence-electron chi connectivity index (χ3n) is 5.89. The van der Waals surface area contributed by atoms with Gasteiger partial charge in [-0.15, -0.1) is 0 Å². The molecule has 136 valence electrons. The molecule has 3 fully saturated rings. The van der Waals surface area contributed by atoms with E-state index in [0.29, 0.717) is 12.5 Å². The van der Waals surface area contributed by atoms with Crippen LogP contribution in [0.15, 0.2) is 12.4 Å². The number of carbonyl (C=O) groups excluding carboxylic acids is 2. The molecule has 6 heteroatoms. The van der Waals surface area contributed by atoms with Gasteiger partial charge in [0.25, 0.3) is 0 Å². The molecule has 1 aromatic heterocycles. The summed E-state index contributed by atoms with van der Waals surface area (Å²) >= 11 is 0. The van der Waals surface area contributed by atoms with E-state index in [0.717, 1.165) is 58.2 Å². The Morgan fingerprint density at radius 1 is 1.04 bits per heavy atom. The van der Waals surface area contributed by atoms with Crippen molar-refractivity contribution in [3.05, 3.63) is 18.0 Å². The largest absolute Gasteiger partial charge is 0.342 e. The summed E-state index contributed by atoms with van der Waals surface area (Å²) in [5.41, 5.74) is 1.25. The second kappa shape index (κ2) is 6.81. The zero-order chi connectivity index (χ0) is 17.4. The van der Waals surface area contributed by atoms with Gasteiger partial charge in [-0.3, -0.25) is 14.3 Å². The smallest absolute Gasteiger partial charge is 0.227 e. The molecule has 6 nitrogen and oxygen atoms in total. The normalized spacial score (nSPS) is 26.9. The van der Waals surface area contributed by atoms with E-state index in [1.54, 1.807) is 0 Å². The average molecular weight is 344 g/mol. The number of hydrogen-bond acceptors (Lipinski definition) is 3. The van der Waals surface area contributed by atoms with Crippen LogP contribution in [0.3, 0.4) is 0 Å². The Balaban J connectivity index is 1.31. The molecule has 2 aliphatic heterocycles. The summed E-state index contributed by atoms with van der Waals surface area (Å²) in [6.07, 6.45) is 10.0. The van der Waals surface area contributed by atoms with Crippen molar-refractivity contribution in [3.63, 3.8) is 0 Å². The van der Waals surface area contributed by atoms with Crippen molar-refractivity contribution >= 4 is 11.8 Å². The van der Waals surface area contributed by atoms with Crippen LogP contribution in [0.4, 0.5) is 0 Å². The minimum atomic E-state index is 0.00796. The second-order valence-corrected chi connectivity index (χ2v) is 8.06. The zero-order valence-electron chi connectivity index (χ0n) is 15.1. The molecular formula is C19H28N4O2. The molecule has 1 saturated carbocycles. The van der Waals surface area contributed by atoms with Crippen LogP contribution < -0.4 is 0 Å². The van der Waals surface area contributed by atoms with E-state index in [-0.39, 0.29) is 23.7 Å². The van der Waals surface area contributed by atoms with E-state index in [9.17, 15) is 9.59 Å². The van der Waals surface area contributed by atoms with Crippen LogP contribution in [0.1, 0.15) is 37.7 Å². The Labute approximate surface area is 149 Å². The fourth-order valence-corrected chi connectivity index (χ4v) is 4.34. The first kappa shape index (κ1) is 16.6. The first-order valence-corrected chi connectivity index (χ1v) is 9.65. The highest BCUT2D eigenvalue weighted by Gasteiger charge is 2.38. The third kappa shape index (κ3) is 3.72. The molecule has 1 aromatic rings. The molecular weight excluding hydrogens is 316 g/mol. The van der Waals surface area contributed by atoms with E-state index < -0.39 is 0 Å². The van der Waals surface area contributed by atoms with Crippen LogP contribution >= 0.6 is 0 Å². The number of rotatable bonds is 4. The lowest BCUT2D eigenvalue weighted by molar-refractivity contribution is -0.140. The lowest BCUT2D eigenvalue weighted by atomic mass is 9.96. The summed E-state index contributed by atoms with van der Waals surface area (Å²) in [6, 6.07) is 0. The van der Waals surface area contributed by atoms with E-state index in [2.05, 4.69) is 11.3 Å². The molecule has 1 aliphatic carbocycles. The van der Waals surface area contributed by atoms with E-state index in [1.165, 1.54) is 5.56 Å². The summed E-state index contributed by atoms with van der Waals surface area (Å²) < 4.78 is 1.83. The number of piperidine rings is 1. The maximum absolute atomic E-state index is 12.9. The topological polar surface area (TPSA) is 58.4 Å². The van der Waals surface area contributed by atoms with Crippen molar-refractivity contribution in [1.82, 2.24) is 19.6 Å². The predicted octanol–water partition coefficient (Wildman–Crippen LogP) is 1.46. The zero-order valence-corrected chi connectivity index (χ0v) is 15.1. The molecule has 0 unspecified atom stereocenters. The number of likely N-dealkylation sites (tertiary alicyclic amines) is 2. The standard InChI is InChI=1S/C19H28N4O2/c1-21-11-15(10-20-21)9-14-6-8-23(12-14)19(25)17-3-2-7-22(13-17)18(24)16-4-5-16/h10-11,14,16-17H,2-9,12-13H2,1H3/t14-,17+/m0/s1. The number of amides is 2. The van der Waals surface area contributed by atoms with Crippen molar-refractivity contribution in [2.24, 2.45) is 24.8 Å². The average Bonchev–Trinajstić information content (AvgIpc) is 3.24. The van der Waals surface area contributed by atoms with E-state index in [1.807, 2.05) is 27.7 Å². The molecule has 4 rings (SSSR count). The predicted molar refractivity (Wildman–Crippen MR) is 93.6 cm³/mol. The van der Waals surface area contributed by atoms with E-state index in [4.69, 9.17) is 0 Å². The highest BCUT2D eigenvalue weighted by atomic mass is 16.2. The number of aromatic nitrogens is 2. The lowest BCUT2D eigenvalue weighted by Gasteiger charge is -2.34. The van der Waals surface area contributed by atoms with Gasteiger partial charge in [-0.2, -0.15) is 5.10 Å². The highest BCUT2D eigenvalue weighted by molar-refractivity contribution is 5.83. The maximum atomic E-state index is 12.9. The van der Waals surface area contributed by atoms with Crippen molar-refractivity contribution in [1.29, 1.82) is 0 Å². The summed E-state index contributed by atoms with van der Waals surface area (Å²) in [4.78, 5) is 29.2. The van der Waals surface area contributed by atoms with Crippen LogP contribution in [-0.4, -0.2) is 57.6 Å². The first-order chi connectivity index (χ1) is 12.1. The number of nitrogens with zero attached hydrogens (tertiary/aromatic N) is 4. The molecule has 2 atom stereocenters. The van der Waals surface area contributed by atoms with Gasteiger partial charge < -0.3 is 9.80 Å². The van der Waals surface area contributed by atoms with Crippen molar-refractivity contribution < 1.29 is 9.59 Å². The van der Waals surface area contributed by atoms with Gasteiger partial charge in [-0.1, -0.05) is 0 Å². The minimum Gasteiger partial charge on any atom is -0.342 e. The molecule has 3 heterocycles. The third-order valence-corrected chi connectivity index (χ3v) is 5.89. The van der Waals surface area contributed by atoms with Gasteiger partial charge in [0.2, 0.25) is 11.8 Å². The minimum absolute atomic E-state index is 0.00796. The number of hydrogen-bond donors (Lipinski definition) is 0. The summed E-state index contributed by atoms with van der Waals surface area (Å²) in [6.45, 7) is 3.18. The van der Waals surface area contributed by atoms with Crippen molar-refractivity contribution in [3.8, 4) is 0 Å². The Hall–Kier alpha value is -1.85. The summed E-state index contributed by atoms with van der Waals surface area (Å²) in [5.74, 6) is 1.34. The molecule has 0 spiro atoms. The molecule has 0 bridgehead atoms. The van der Waals surface area contributed by atoms with Crippen LogP contribution in [0.2, 0.25) is 0 Å². The van der Waals surface area contributed by atoms with Gasteiger partial charge >= 0.3 is 0 Å². The second-order valence-electron chi connectivity index (χ2n) is 8.06. The molecule has 3 aliphatic rings.